The summed E-state index contributed by atoms with van der Waals surface area (Å²) in [6.45, 7) is 0. The van der Waals surface area contributed by atoms with E-state index in [4.69, 9.17) is 4.42 Å². The first-order chi connectivity index (χ1) is 14.2. The molecule has 0 fully saturated rings. The Morgan fingerprint density at radius 3 is 2.62 bits per heavy atom. The van der Waals surface area contributed by atoms with E-state index in [1.165, 1.54) is 24.0 Å². The van der Waals surface area contributed by atoms with Crippen LogP contribution in [0.5, 0.6) is 0 Å². The van der Waals surface area contributed by atoms with Crippen molar-refractivity contribution in [3.05, 3.63) is 77.4 Å². The zero-order valence-electron chi connectivity index (χ0n) is 16.0. The maximum Gasteiger partial charge on any atom is 0.322 e. The molecule has 5 rings (SSSR count). The van der Waals surface area contributed by atoms with Gasteiger partial charge in [0.25, 0.3) is 0 Å². The van der Waals surface area contributed by atoms with Gasteiger partial charge >= 0.3 is 6.01 Å². The lowest BCUT2D eigenvalue weighted by Crippen LogP contribution is -2.14. The van der Waals surface area contributed by atoms with E-state index in [9.17, 15) is 4.79 Å². The van der Waals surface area contributed by atoms with E-state index < -0.39 is 0 Å². The minimum Gasteiger partial charge on any atom is -0.403 e. The third-order valence-electron chi connectivity index (χ3n) is 5.45. The number of carbonyl (C=O) groups excluding carboxylic acids is 1. The van der Waals surface area contributed by atoms with Crippen LogP contribution in [0.25, 0.3) is 22.2 Å². The molecule has 0 aliphatic heterocycles. The van der Waals surface area contributed by atoms with Gasteiger partial charge in [-0.15, -0.1) is 5.10 Å². The van der Waals surface area contributed by atoms with Gasteiger partial charge in [-0.3, -0.25) is 10.1 Å². The number of aryl methyl sites for hydroxylation is 2. The summed E-state index contributed by atoms with van der Waals surface area (Å²) in [5.41, 5.74) is 4.60. The first-order valence-electron chi connectivity index (χ1n) is 9.98. The van der Waals surface area contributed by atoms with E-state index in [-0.39, 0.29) is 18.3 Å². The number of aromatic nitrogens is 2. The number of amides is 1. The molecule has 0 radical (unpaired) electrons. The molecule has 4 aromatic rings. The van der Waals surface area contributed by atoms with Gasteiger partial charge in [-0.05, 0) is 65.3 Å². The quantitative estimate of drug-likeness (QED) is 0.541. The standard InChI is InChI=1S/C24H21N3O2/c28-22(14-16-9-10-17-5-1-3-7-19(17)13-16)25-24-27-26-23(29-24)21-12-11-18-6-2-4-8-20(18)15-21/h1,3,5,7,9-13,15H,2,4,6,8,14H2,(H,25,27,28). The van der Waals surface area contributed by atoms with Crippen molar-refractivity contribution in [3.63, 3.8) is 0 Å². The number of fused-ring (bicyclic) bond motifs is 2. The molecule has 0 bridgehead atoms. The molecular formula is C24H21N3O2. The lowest BCUT2D eigenvalue weighted by molar-refractivity contribution is -0.115. The number of anilines is 1. The van der Waals surface area contributed by atoms with Crippen LogP contribution in [0, 0.1) is 0 Å². The van der Waals surface area contributed by atoms with Crippen molar-refractivity contribution < 1.29 is 9.21 Å². The van der Waals surface area contributed by atoms with Crippen molar-refractivity contribution >= 4 is 22.7 Å². The molecule has 0 atom stereocenters. The fraction of sp³-hybridized carbons (Fsp3) is 0.208. The Balaban J connectivity index is 1.28. The molecule has 144 valence electrons. The van der Waals surface area contributed by atoms with E-state index in [0.717, 1.165) is 34.7 Å². The number of carbonyl (C=O) groups is 1. The van der Waals surface area contributed by atoms with Crippen LogP contribution in [0.3, 0.4) is 0 Å². The average Bonchev–Trinajstić information content (AvgIpc) is 3.21. The Morgan fingerprint density at radius 1 is 0.897 bits per heavy atom. The summed E-state index contributed by atoms with van der Waals surface area (Å²) in [6, 6.07) is 20.5. The first-order valence-corrected chi connectivity index (χ1v) is 9.98. The summed E-state index contributed by atoms with van der Waals surface area (Å²) in [7, 11) is 0. The topological polar surface area (TPSA) is 68.0 Å². The first kappa shape index (κ1) is 17.6. The SMILES string of the molecule is O=C(Cc1ccc2ccccc2c1)Nc1nnc(-c2ccc3c(c2)CCCC3)o1. The number of benzene rings is 3. The Bertz CT molecular complexity index is 1200. The fourth-order valence-corrected chi connectivity index (χ4v) is 3.95. The van der Waals surface area contributed by atoms with Crippen molar-refractivity contribution in [2.45, 2.75) is 32.1 Å². The predicted molar refractivity (Wildman–Crippen MR) is 113 cm³/mol. The second-order valence-electron chi connectivity index (χ2n) is 7.51. The van der Waals surface area contributed by atoms with Gasteiger partial charge in [0, 0.05) is 5.56 Å². The minimum absolute atomic E-state index is 0.128. The molecule has 0 spiro atoms. The van der Waals surface area contributed by atoms with Crippen LogP contribution >= 0.6 is 0 Å². The number of rotatable bonds is 4. The van der Waals surface area contributed by atoms with E-state index in [1.54, 1.807) is 0 Å². The lowest BCUT2D eigenvalue weighted by Gasteiger charge is -2.15. The minimum atomic E-state index is -0.180. The van der Waals surface area contributed by atoms with Gasteiger partial charge in [-0.25, -0.2) is 0 Å². The Hall–Kier alpha value is -3.47. The molecule has 1 heterocycles. The Kier molecular flexibility index (Phi) is 4.56. The second-order valence-corrected chi connectivity index (χ2v) is 7.51. The summed E-state index contributed by atoms with van der Waals surface area (Å²) >= 11 is 0. The Labute approximate surface area is 168 Å². The fourth-order valence-electron chi connectivity index (χ4n) is 3.95. The van der Waals surface area contributed by atoms with Gasteiger partial charge in [0.05, 0.1) is 6.42 Å². The monoisotopic (exact) mass is 383 g/mol. The van der Waals surface area contributed by atoms with E-state index in [0.29, 0.717) is 5.89 Å². The van der Waals surface area contributed by atoms with Gasteiger partial charge in [0.2, 0.25) is 11.8 Å². The highest BCUT2D eigenvalue weighted by Gasteiger charge is 2.15. The molecule has 3 aromatic carbocycles. The van der Waals surface area contributed by atoms with Crippen LogP contribution in [0.1, 0.15) is 29.5 Å². The van der Waals surface area contributed by atoms with Crippen molar-refractivity contribution in [2.75, 3.05) is 5.32 Å². The van der Waals surface area contributed by atoms with E-state index >= 15 is 0 Å². The zero-order chi connectivity index (χ0) is 19.6. The van der Waals surface area contributed by atoms with Crippen LogP contribution in [-0.2, 0) is 24.1 Å². The summed E-state index contributed by atoms with van der Waals surface area (Å²) in [6.07, 6.45) is 4.94. The van der Waals surface area contributed by atoms with Gasteiger partial charge in [0.15, 0.2) is 0 Å². The van der Waals surface area contributed by atoms with Crippen LogP contribution in [0.2, 0.25) is 0 Å². The third kappa shape index (κ3) is 3.76. The number of hydrogen-bond acceptors (Lipinski definition) is 4. The molecule has 1 N–H and O–H groups in total. The highest BCUT2D eigenvalue weighted by Crippen LogP contribution is 2.27. The molecule has 0 saturated heterocycles. The average molecular weight is 383 g/mol. The van der Waals surface area contributed by atoms with Crippen molar-refractivity contribution in [1.82, 2.24) is 10.2 Å². The largest absolute Gasteiger partial charge is 0.403 e. The molecule has 5 nitrogen and oxygen atoms in total. The molecule has 5 heteroatoms. The van der Waals surface area contributed by atoms with Crippen molar-refractivity contribution in [1.29, 1.82) is 0 Å². The summed E-state index contributed by atoms with van der Waals surface area (Å²) < 4.78 is 5.69. The third-order valence-corrected chi connectivity index (χ3v) is 5.45. The smallest absolute Gasteiger partial charge is 0.322 e. The number of hydrogen-bond donors (Lipinski definition) is 1. The van der Waals surface area contributed by atoms with E-state index in [1.807, 2.05) is 42.5 Å². The summed E-state index contributed by atoms with van der Waals surface area (Å²) in [4.78, 5) is 12.4. The molecule has 0 saturated carbocycles. The van der Waals surface area contributed by atoms with Crippen LogP contribution < -0.4 is 5.32 Å². The molecule has 29 heavy (non-hydrogen) atoms. The van der Waals surface area contributed by atoms with Crippen LogP contribution in [0.15, 0.2) is 65.1 Å². The molecule has 1 amide bonds. The zero-order valence-corrected chi connectivity index (χ0v) is 16.0. The maximum atomic E-state index is 12.4. The summed E-state index contributed by atoms with van der Waals surface area (Å²) in [5.74, 6) is 0.250. The maximum absolute atomic E-state index is 12.4. The molecule has 0 unspecified atom stereocenters. The van der Waals surface area contributed by atoms with Crippen LogP contribution in [-0.4, -0.2) is 16.1 Å². The Morgan fingerprint density at radius 2 is 1.72 bits per heavy atom. The van der Waals surface area contributed by atoms with E-state index in [2.05, 4.69) is 33.7 Å². The second kappa shape index (κ2) is 7.51. The number of nitrogens with zero attached hydrogens (tertiary/aromatic N) is 2. The van der Waals surface area contributed by atoms with Gasteiger partial charge in [-0.2, -0.15) is 0 Å². The van der Waals surface area contributed by atoms with Gasteiger partial charge in [0.1, 0.15) is 0 Å². The molecule has 1 aliphatic rings. The van der Waals surface area contributed by atoms with Gasteiger partial charge in [-0.1, -0.05) is 53.6 Å². The highest BCUT2D eigenvalue weighted by atomic mass is 16.4. The van der Waals surface area contributed by atoms with Gasteiger partial charge < -0.3 is 4.42 Å². The van der Waals surface area contributed by atoms with Crippen molar-refractivity contribution in [2.24, 2.45) is 0 Å². The molecule has 1 aromatic heterocycles. The molecular weight excluding hydrogens is 362 g/mol. The molecule has 1 aliphatic carbocycles. The van der Waals surface area contributed by atoms with Crippen LogP contribution in [0.4, 0.5) is 6.01 Å². The van der Waals surface area contributed by atoms with Crippen molar-refractivity contribution in [3.8, 4) is 11.5 Å². The predicted octanol–water partition coefficient (Wildman–Crippen LogP) is 4.95. The lowest BCUT2D eigenvalue weighted by atomic mass is 9.90. The normalized spacial score (nSPS) is 13.2. The highest BCUT2D eigenvalue weighted by molar-refractivity contribution is 5.91. The number of nitrogens with one attached hydrogen (secondary N) is 1. The summed E-state index contributed by atoms with van der Waals surface area (Å²) in [5, 5.41) is 13.1.